The predicted octanol–water partition coefficient (Wildman–Crippen LogP) is 9.48. The standard InChI is InChI=1S/C37H53F3N2O3/c1-5-6-12-32(34-15-14-29(3)45-34)25-31(13-9-11-30-16-21-41(4)22-17-30)33-26-36(44-27-37(38,39)40)35(24-28(33)2)43-23-10-20-42-18-7-8-19-42/h12,14-15,24-26,30H,5-11,13,16-23,27H2,1-4H3/b31-25-,32-12-. The highest BCUT2D eigenvalue weighted by molar-refractivity contribution is 5.84. The Balaban J connectivity index is 1.62. The lowest BCUT2D eigenvalue weighted by atomic mass is 9.88. The van der Waals surface area contributed by atoms with Crippen molar-refractivity contribution < 1.29 is 27.1 Å². The Morgan fingerprint density at radius 2 is 1.73 bits per heavy atom. The van der Waals surface area contributed by atoms with Gasteiger partial charge in [0.15, 0.2) is 18.1 Å². The van der Waals surface area contributed by atoms with Crippen molar-refractivity contribution in [1.82, 2.24) is 9.80 Å². The Bertz CT molecular complexity index is 1250. The fourth-order valence-corrected chi connectivity index (χ4v) is 6.39. The summed E-state index contributed by atoms with van der Waals surface area (Å²) in [4.78, 5) is 4.80. The largest absolute Gasteiger partial charge is 0.490 e. The molecule has 0 saturated carbocycles. The SMILES string of the molecule is CCC/C=C(/C=C(/CCCC1CCN(C)CC1)c1cc(OCC(F)(F)F)c(OCCCN2CCCC2)cc1C)c1ccc(C)o1. The minimum atomic E-state index is -4.45. The van der Waals surface area contributed by atoms with Gasteiger partial charge < -0.3 is 23.7 Å². The monoisotopic (exact) mass is 630 g/mol. The molecule has 250 valence electrons. The van der Waals surface area contributed by atoms with Crippen LogP contribution in [0.2, 0.25) is 0 Å². The highest BCUT2D eigenvalue weighted by Gasteiger charge is 2.29. The number of ether oxygens (including phenoxy) is 2. The van der Waals surface area contributed by atoms with Crippen molar-refractivity contribution in [3.05, 3.63) is 59.1 Å². The average molecular weight is 631 g/mol. The molecule has 0 atom stereocenters. The van der Waals surface area contributed by atoms with Crippen LogP contribution in [0.5, 0.6) is 11.5 Å². The second-order valence-electron chi connectivity index (χ2n) is 12.9. The van der Waals surface area contributed by atoms with E-state index in [0.717, 1.165) is 105 Å². The molecule has 0 N–H and O–H groups in total. The van der Waals surface area contributed by atoms with E-state index in [1.54, 1.807) is 6.07 Å². The number of unbranched alkanes of at least 4 members (excludes halogenated alkanes) is 1. The minimum absolute atomic E-state index is 0.142. The van der Waals surface area contributed by atoms with Crippen molar-refractivity contribution in [3.63, 3.8) is 0 Å². The number of benzene rings is 1. The fraction of sp³-hybridized carbons (Fsp3) is 0.622. The van der Waals surface area contributed by atoms with Crippen molar-refractivity contribution in [2.75, 3.05) is 53.0 Å². The van der Waals surface area contributed by atoms with E-state index in [9.17, 15) is 13.2 Å². The maximum atomic E-state index is 13.3. The van der Waals surface area contributed by atoms with Crippen molar-refractivity contribution >= 4 is 11.1 Å². The van der Waals surface area contributed by atoms with Gasteiger partial charge in [-0.25, -0.2) is 0 Å². The maximum Gasteiger partial charge on any atom is 0.422 e. The lowest BCUT2D eigenvalue weighted by molar-refractivity contribution is -0.153. The van der Waals surface area contributed by atoms with E-state index in [1.807, 2.05) is 32.0 Å². The van der Waals surface area contributed by atoms with Crippen LogP contribution in [0.15, 0.2) is 40.8 Å². The number of hydrogen-bond donors (Lipinski definition) is 0. The van der Waals surface area contributed by atoms with Crippen molar-refractivity contribution in [3.8, 4) is 11.5 Å². The van der Waals surface area contributed by atoms with Gasteiger partial charge in [0.25, 0.3) is 0 Å². The number of hydrogen-bond acceptors (Lipinski definition) is 5. The van der Waals surface area contributed by atoms with Crippen LogP contribution in [0.3, 0.4) is 0 Å². The molecular weight excluding hydrogens is 577 g/mol. The van der Waals surface area contributed by atoms with Crippen LogP contribution < -0.4 is 9.47 Å². The topological polar surface area (TPSA) is 38.1 Å². The number of furan rings is 1. The first-order valence-electron chi connectivity index (χ1n) is 17.0. The summed E-state index contributed by atoms with van der Waals surface area (Å²) >= 11 is 0. The third-order valence-corrected chi connectivity index (χ3v) is 9.01. The van der Waals surface area contributed by atoms with Crippen LogP contribution in [0.4, 0.5) is 13.2 Å². The molecule has 1 aromatic heterocycles. The number of piperidine rings is 1. The van der Waals surface area contributed by atoms with Crippen LogP contribution in [0.25, 0.3) is 11.1 Å². The fourth-order valence-electron chi connectivity index (χ4n) is 6.39. The van der Waals surface area contributed by atoms with Crippen LogP contribution in [-0.4, -0.2) is 69.0 Å². The first-order chi connectivity index (χ1) is 21.6. The molecule has 1 aromatic carbocycles. The summed E-state index contributed by atoms with van der Waals surface area (Å²) in [6, 6.07) is 7.58. The Morgan fingerprint density at radius 1 is 1.00 bits per heavy atom. The van der Waals surface area contributed by atoms with Crippen LogP contribution >= 0.6 is 0 Å². The number of allylic oxidation sites excluding steroid dienone is 4. The molecule has 8 heteroatoms. The molecule has 0 spiro atoms. The summed E-state index contributed by atoms with van der Waals surface area (Å²) < 4.78 is 57.5. The summed E-state index contributed by atoms with van der Waals surface area (Å²) in [5.41, 5.74) is 3.93. The molecule has 0 bridgehead atoms. The van der Waals surface area contributed by atoms with Gasteiger partial charge in [-0.05, 0) is 151 Å². The molecule has 0 radical (unpaired) electrons. The van der Waals surface area contributed by atoms with Gasteiger partial charge >= 0.3 is 6.18 Å². The second-order valence-corrected chi connectivity index (χ2v) is 12.9. The summed E-state index contributed by atoms with van der Waals surface area (Å²) in [6.45, 7) is 10.6. The van der Waals surface area contributed by atoms with Crippen LogP contribution in [0, 0.1) is 19.8 Å². The summed E-state index contributed by atoms with van der Waals surface area (Å²) in [6.07, 6.45) is 10.5. The van der Waals surface area contributed by atoms with E-state index in [4.69, 9.17) is 13.9 Å². The Hall–Kier alpha value is -2.71. The zero-order valence-electron chi connectivity index (χ0n) is 27.8. The van der Waals surface area contributed by atoms with E-state index in [0.29, 0.717) is 18.3 Å². The first-order valence-corrected chi connectivity index (χ1v) is 17.0. The normalized spacial score (nSPS) is 17.8. The zero-order chi connectivity index (χ0) is 32.2. The number of likely N-dealkylation sites (tertiary alicyclic amines) is 2. The third-order valence-electron chi connectivity index (χ3n) is 9.01. The lowest BCUT2D eigenvalue weighted by Crippen LogP contribution is -2.30. The molecule has 0 amide bonds. The predicted molar refractivity (Wildman–Crippen MR) is 177 cm³/mol. The Labute approximate surface area is 268 Å². The van der Waals surface area contributed by atoms with Crippen molar-refractivity contribution in [2.24, 2.45) is 5.92 Å². The molecule has 2 fully saturated rings. The van der Waals surface area contributed by atoms with E-state index in [-0.39, 0.29) is 5.75 Å². The van der Waals surface area contributed by atoms with Crippen LogP contribution in [-0.2, 0) is 0 Å². The molecule has 2 saturated heterocycles. The summed E-state index contributed by atoms with van der Waals surface area (Å²) in [5, 5.41) is 0. The number of rotatable bonds is 16. The Morgan fingerprint density at radius 3 is 2.40 bits per heavy atom. The second kappa shape index (κ2) is 17.3. The highest BCUT2D eigenvalue weighted by Crippen LogP contribution is 2.38. The average Bonchev–Trinajstić information content (AvgIpc) is 3.68. The molecular formula is C37H53F3N2O3. The third kappa shape index (κ3) is 11.5. The summed E-state index contributed by atoms with van der Waals surface area (Å²) in [7, 11) is 2.18. The van der Waals surface area contributed by atoms with Crippen LogP contribution in [0.1, 0.15) is 93.8 Å². The van der Waals surface area contributed by atoms with Crippen molar-refractivity contribution in [1.29, 1.82) is 0 Å². The molecule has 2 aliphatic rings. The van der Waals surface area contributed by atoms with E-state index in [2.05, 4.69) is 35.9 Å². The molecule has 0 unspecified atom stereocenters. The lowest BCUT2D eigenvalue weighted by Gasteiger charge is -2.29. The maximum absolute atomic E-state index is 13.3. The van der Waals surface area contributed by atoms with E-state index in [1.165, 1.54) is 25.7 Å². The summed E-state index contributed by atoms with van der Waals surface area (Å²) in [5.74, 6) is 2.86. The molecule has 0 aliphatic carbocycles. The van der Waals surface area contributed by atoms with E-state index < -0.39 is 12.8 Å². The Kier molecular flexibility index (Phi) is 13.5. The molecule has 2 aliphatic heterocycles. The number of halogens is 3. The molecule has 5 nitrogen and oxygen atoms in total. The van der Waals surface area contributed by atoms with Gasteiger partial charge in [0, 0.05) is 12.1 Å². The van der Waals surface area contributed by atoms with Gasteiger partial charge in [-0.1, -0.05) is 25.8 Å². The van der Waals surface area contributed by atoms with Gasteiger partial charge in [-0.2, -0.15) is 13.2 Å². The minimum Gasteiger partial charge on any atom is -0.490 e. The number of alkyl halides is 3. The smallest absolute Gasteiger partial charge is 0.422 e. The zero-order valence-corrected chi connectivity index (χ0v) is 27.8. The molecule has 2 aromatic rings. The molecule has 4 rings (SSSR count). The number of aryl methyl sites for hydroxylation is 2. The van der Waals surface area contributed by atoms with Crippen molar-refractivity contribution in [2.45, 2.75) is 91.2 Å². The quantitative estimate of drug-likeness (QED) is 0.136. The van der Waals surface area contributed by atoms with E-state index >= 15 is 0 Å². The number of nitrogens with zero attached hydrogens (tertiary/aromatic N) is 2. The molecule has 3 heterocycles. The van der Waals surface area contributed by atoms with Gasteiger partial charge in [0.1, 0.15) is 11.5 Å². The molecule has 45 heavy (non-hydrogen) atoms. The van der Waals surface area contributed by atoms with Gasteiger partial charge in [-0.3, -0.25) is 0 Å². The van der Waals surface area contributed by atoms with Gasteiger partial charge in [0.05, 0.1) is 6.61 Å². The highest BCUT2D eigenvalue weighted by atomic mass is 19.4. The first kappa shape index (κ1) is 35.1. The van der Waals surface area contributed by atoms with Gasteiger partial charge in [-0.15, -0.1) is 0 Å². The van der Waals surface area contributed by atoms with Gasteiger partial charge in [0.2, 0.25) is 0 Å².